The summed E-state index contributed by atoms with van der Waals surface area (Å²) < 4.78 is 8.99. The maximum absolute atomic E-state index is 5.64. The van der Waals surface area contributed by atoms with Crippen LogP contribution in [0.25, 0.3) is 11.0 Å². The van der Waals surface area contributed by atoms with Crippen LogP contribution in [-0.4, -0.2) is 8.75 Å². The molecule has 0 saturated carbocycles. The van der Waals surface area contributed by atoms with Gasteiger partial charge < -0.3 is 5.73 Å². The molecular weight excluding hydrogens is 226 g/mol. The summed E-state index contributed by atoms with van der Waals surface area (Å²) in [7, 11) is 0. The lowest BCUT2D eigenvalue weighted by molar-refractivity contribution is 1.60. The molecule has 56 valence electrons. The number of benzene rings is 1. The van der Waals surface area contributed by atoms with Gasteiger partial charge in [-0.1, -0.05) is 0 Å². The van der Waals surface area contributed by atoms with Gasteiger partial charge in [-0.3, -0.25) is 0 Å². The molecule has 0 aliphatic rings. The van der Waals surface area contributed by atoms with E-state index < -0.39 is 0 Å². The van der Waals surface area contributed by atoms with Gasteiger partial charge in [0.2, 0.25) is 0 Å². The Morgan fingerprint density at radius 2 is 2.18 bits per heavy atom. The summed E-state index contributed by atoms with van der Waals surface area (Å²) >= 11 is 4.53. The first-order valence-electron chi connectivity index (χ1n) is 2.95. The van der Waals surface area contributed by atoms with Crippen molar-refractivity contribution in [3.8, 4) is 0 Å². The largest absolute Gasteiger partial charge is 0.398 e. The van der Waals surface area contributed by atoms with Gasteiger partial charge in [-0.2, -0.15) is 8.75 Å². The molecule has 0 amide bonds. The molecule has 11 heavy (non-hydrogen) atoms. The molecule has 5 heteroatoms. The fourth-order valence-electron chi connectivity index (χ4n) is 0.836. The van der Waals surface area contributed by atoms with E-state index in [0.29, 0.717) is 5.69 Å². The van der Waals surface area contributed by atoms with E-state index in [1.165, 1.54) is 11.7 Å². The Bertz CT molecular complexity index is 398. The molecule has 0 aliphatic carbocycles. The zero-order chi connectivity index (χ0) is 7.84. The quantitative estimate of drug-likeness (QED) is 0.704. The molecule has 1 aromatic heterocycles. The van der Waals surface area contributed by atoms with E-state index in [2.05, 4.69) is 24.7 Å². The second-order valence-electron chi connectivity index (χ2n) is 2.10. The minimum absolute atomic E-state index is 0.699. The predicted octanol–water partition coefficient (Wildman–Crippen LogP) is 2.04. The molecule has 0 atom stereocenters. The molecule has 0 saturated heterocycles. The van der Waals surface area contributed by atoms with Crippen molar-refractivity contribution in [2.45, 2.75) is 0 Å². The summed E-state index contributed by atoms with van der Waals surface area (Å²) in [5.74, 6) is 0. The van der Waals surface area contributed by atoms with Crippen molar-refractivity contribution in [2.75, 3.05) is 5.73 Å². The van der Waals surface area contributed by atoms with Gasteiger partial charge in [0.15, 0.2) is 0 Å². The standard InChI is InChI=1S/C6H4BrN3S/c7-5-3(8)1-2-4-6(5)10-11-9-4/h1-2H,8H2. The van der Waals surface area contributed by atoms with Crippen LogP contribution in [0.2, 0.25) is 0 Å². The number of hydrogen-bond donors (Lipinski definition) is 1. The van der Waals surface area contributed by atoms with E-state index in [1.807, 2.05) is 12.1 Å². The Balaban J connectivity index is 2.93. The van der Waals surface area contributed by atoms with Gasteiger partial charge in [0.1, 0.15) is 11.0 Å². The van der Waals surface area contributed by atoms with Crippen LogP contribution in [0.4, 0.5) is 5.69 Å². The third-order valence-electron chi connectivity index (χ3n) is 1.40. The predicted molar refractivity (Wildman–Crippen MR) is 49.5 cm³/mol. The molecule has 0 fully saturated rings. The molecule has 2 rings (SSSR count). The normalized spacial score (nSPS) is 10.6. The third-order valence-corrected chi connectivity index (χ3v) is 2.77. The Kier molecular flexibility index (Phi) is 1.54. The molecule has 1 aromatic carbocycles. The highest BCUT2D eigenvalue weighted by Gasteiger charge is 2.04. The maximum atomic E-state index is 5.64. The first-order chi connectivity index (χ1) is 5.29. The van der Waals surface area contributed by atoms with Crippen LogP contribution in [0, 0.1) is 0 Å². The summed E-state index contributed by atoms with van der Waals surface area (Å²) in [5, 5.41) is 0. The third kappa shape index (κ3) is 1.00. The van der Waals surface area contributed by atoms with Gasteiger partial charge in [0, 0.05) is 5.69 Å². The van der Waals surface area contributed by atoms with Crippen LogP contribution in [0.15, 0.2) is 16.6 Å². The smallest absolute Gasteiger partial charge is 0.121 e. The van der Waals surface area contributed by atoms with Crippen LogP contribution in [-0.2, 0) is 0 Å². The fraction of sp³-hybridized carbons (Fsp3) is 0. The molecule has 2 aromatic rings. The highest BCUT2D eigenvalue weighted by atomic mass is 79.9. The van der Waals surface area contributed by atoms with Crippen molar-refractivity contribution in [3.63, 3.8) is 0 Å². The Hall–Kier alpha value is -0.680. The van der Waals surface area contributed by atoms with E-state index in [0.717, 1.165) is 15.5 Å². The highest BCUT2D eigenvalue weighted by Crippen LogP contribution is 2.27. The van der Waals surface area contributed by atoms with E-state index >= 15 is 0 Å². The summed E-state index contributed by atoms with van der Waals surface area (Å²) in [6.07, 6.45) is 0. The first-order valence-corrected chi connectivity index (χ1v) is 4.47. The van der Waals surface area contributed by atoms with E-state index in [-0.39, 0.29) is 0 Å². The monoisotopic (exact) mass is 229 g/mol. The SMILES string of the molecule is Nc1ccc2nsnc2c1Br. The minimum Gasteiger partial charge on any atom is -0.398 e. The van der Waals surface area contributed by atoms with Crippen LogP contribution in [0.1, 0.15) is 0 Å². The summed E-state index contributed by atoms with van der Waals surface area (Å²) in [6, 6.07) is 3.67. The molecule has 1 heterocycles. The number of aromatic nitrogens is 2. The van der Waals surface area contributed by atoms with Crippen molar-refractivity contribution in [1.29, 1.82) is 0 Å². The number of hydrogen-bond acceptors (Lipinski definition) is 4. The zero-order valence-electron chi connectivity index (χ0n) is 5.41. The zero-order valence-corrected chi connectivity index (χ0v) is 7.82. The van der Waals surface area contributed by atoms with Crippen molar-refractivity contribution < 1.29 is 0 Å². The lowest BCUT2D eigenvalue weighted by atomic mass is 10.3. The Labute approximate surface area is 75.7 Å². The molecule has 0 unspecified atom stereocenters. The second-order valence-corrected chi connectivity index (χ2v) is 3.42. The number of nitrogen functional groups attached to an aromatic ring is 1. The van der Waals surface area contributed by atoms with Crippen molar-refractivity contribution in [1.82, 2.24) is 8.75 Å². The van der Waals surface area contributed by atoms with Gasteiger partial charge in [-0.05, 0) is 28.1 Å². The van der Waals surface area contributed by atoms with Crippen molar-refractivity contribution >= 4 is 44.4 Å². The van der Waals surface area contributed by atoms with Crippen LogP contribution >= 0.6 is 27.7 Å². The molecular formula is C6H4BrN3S. The molecule has 3 nitrogen and oxygen atoms in total. The Morgan fingerprint density at radius 1 is 1.36 bits per heavy atom. The van der Waals surface area contributed by atoms with Crippen LogP contribution < -0.4 is 5.73 Å². The van der Waals surface area contributed by atoms with Gasteiger partial charge in [0.25, 0.3) is 0 Å². The highest BCUT2D eigenvalue weighted by molar-refractivity contribution is 9.10. The molecule has 0 spiro atoms. The van der Waals surface area contributed by atoms with Crippen molar-refractivity contribution in [3.05, 3.63) is 16.6 Å². The summed E-state index contributed by atoms with van der Waals surface area (Å²) in [5.41, 5.74) is 8.06. The van der Waals surface area contributed by atoms with Gasteiger partial charge in [0.05, 0.1) is 16.2 Å². The lowest BCUT2D eigenvalue weighted by Crippen LogP contribution is -1.86. The van der Waals surface area contributed by atoms with Crippen LogP contribution in [0.5, 0.6) is 0 Å². The van der Waals surface area contributed by atoms with Crippen molar-refractivity contribution in [2.24, 2.45) is 0 Å². The van der Waals surface area contributed by atoms with Gasteiger partial charge >= 0.3 is 0 Å². The molecule has 0 radical (unpaired) electrons. The van der Waals surface area contributed by atoms with E-state index in [4.69, 9.17) is 5.73 Å². The van der Waals surface area contributed by atoms with E-state index in [9.17, 15) is 0 Å². The second kappa shape index (κ2) is 2.42. The van der Waals surface area contributed by atoms with Gasteiger partial charge in [-0.25, -0.2) is 0 Å². The maximum Gasteiger partial charge on any atom is 0.121 e. The molecule has 2 N–H and O–H groups in total. The number of nitrogens with zero attached hydrogens (tertiary/aromatic N) is 2. The number of anilines is 1. The summed E-state index contributed by atoms with van der Waals surface area (Å²) in [4.78, 5) is 0. The number of fused-ring (bicyclic) bond motifs is 1. The number of halogens is 1. The molecule has 0 aliphatic heterocycles. The average Bonchev–Trinajstić information content (AvgIpc) is 2.45. The minimum atomic E-state index is 0.699. The number of nitrogens with two attached hydrogens (primary N) is 1. The topological polar surface area (TPSA) is 51.8 Å². The average molecular weight is 230 g/mol. The number of rotatable bonds is 0. The summed E-state index contributed by atoms with van der Waals surface area (Å²) in [6.45, 7) is 0. The van der Waals surface area contributed by atoms with Crippen LogP contribution in [0.3, 0.4) is 0 Å². The first kappa shape index (κ1) is 7.00. The lowest BCUT2D eigenvalue weighted by Gasteiger charge is -1.95. The molecule has 0 bridgehead atoms. The van der Waals surface area contributed by atoms with E-state index in [1.54, 1.807) is 0 Å². The fourth-order valence-corrected chi connectivity index (χ4v) is 1.92. The Morgan fingerprint density at radius 3 is 3.00 bits per heavy atom. The van der Waals surface area contributed by atoms with Gasteiger partial charge in [-0.15, -0.1) is 0 Å².